The van der Waals surface area contributed by atoms with Crippen LogP contribution in [0.4, 0.5) is 5.69 Å². The molecule has 3 nitrogen and oxygen atoms in total. The number of carbonyl (C=O) groups is 1. The highest BCUT2D eigenvalue weighted by Gasteiger charge is 2.28. The Hall–Kier alpha value is -1.29. The van der Waals surface area contributed by atoms with Crippen molar-refractivity contribution < 1.29 is 4.79 Å². The van der Waals surface area contributed by atoms with Gasteiger partial charge in [0.2, 0.25) is 5.91 Å². The number of nitrogens with one attached hydrogen (secondary N) is 1. The minimum Gasteiger partial charge on any atom is -0.304 e. The molecule has 1 aromatic rings. The van der Waals surface area contributed by atoms with Crippen LogP contribution in [-0.2, 0) is 4.79 Å². The number of thioether (sulfide) groups is 1. The predicted molar refractivity (Wildman–Crippen MR) is 72.7 cm³/mol. The van der Waals surface area contributed by atoms with Gasteiger partial charge in [-0.1, -0.05) is 42.8 Å². The van der Waals surface area contributed by atoms with Crippen molar-refractivity contribution in [2.24, 2.45) is 4.99 Å². The Morgan fingerprint density at radius 3 is 2.71 bits per heavy atom. The summed E-state index contributed by atoms with van der Waals surface area (Å²) in [4.78, 5) is 16.0. The molecule has 1 N–H and O–H groups in total. The first kappa shape index (κ1) is 12.2. The molecule has 1 fully saturated rings. The second kappa shape index (κ2) is 5.36. The molecule has 1 unspecified atom stereocenters. The lowest BCUT2D eigenvalue weighted by Crippen LogP contribution is -2.24. The van der Waals surface area contributed by atoms with E-state index in [1.54, 1.807) is 0 Å². The van der Waals surface area contributed by atoms with E-state index < -0.39 is 0 Å². The Bertz CT molecular complexity index is 439. The summed E-state index contributed by atoms with van der Waals surface area (Å²) in [5.74, 6) is 0.0858. The van der Waals surface area contributed by atoms with Crippen molar-refractivity contribution in [2.45, 2.75) is 31.9 Å². The number of rotatable bonds is 3. The molecule has 1 aliphatic rings. The van der Waals surface area contributed by atoms with Gasteiger partial charge in [-0.3, -0.25) is 4.79 Å². The highest BCUT2D eigenvalue weighted by molar-refractivity contribution is 8.15. The molecule has 1 aromatic carbocycles. The molecule has 1 aliphatic heterocycles. The smallest absolute Gasteiger partial charge is 0.239 e. The lowest BCUT2D eigenvalue weighted by Gasteiger charge is -2.00. The van der Waals surface area contributed by atoms with Crippen LogP contribution in [0.5, 0.6) is 0 Å². The van der Waals surface area contributed by atoms with Crippen molar-refractivity contribution >= 4 is 28.5 Å². The summed E-state index contributed by atoms with van der Waals surface area (Å²) in [5, 5.41) is 3.58. The molecule has 0 aromatic heterocycles. The minimum absolute atomic E-state index is 0.0317. The van der Waals surface area contributed by atoms with Crippen LogP contribution in [0.25, 0.3) is 0 Å². The molecule has 0 radical (unpaired) electrons. The number of carbonyl (C=O) groups excluding carboxylic acids is 1. The summed E-state index contributed by atoms with van der Waals surface area (Å²) >= 11 is 1.53. The predicted octanol–water partition coefficient (Wildman–Crippen LogP) is 3.01. The van der Waals surface area contributed by atoms with Crippen molar-refractivity contribution in [3.05, 3.63) is 29.8 Å². The van der Waals surface area contributed by atoms with Gasteiger partial charge in [-0.15, -0.1) is 0 Å². The molecule has 2 rings (SSSR count). The van der Waals surface area contributed by atoms with E-state index in [0.29, 0.717) is 0 Å². The number of amidine groups is 1. The third-order valence-corrected chi connectivity index (χ3v) is 3.74. The molecule has 0 saturated carbocycles. The Morgan fingerprint density at radius 2 is 2.06 bits per heavy atom. The first-order valence-corrected chi connectivity index (χ1v) is 6.70. The van der Waals surface area contributed by atoms with Crippen LogP contribution in [0.1, 0.15) is 25.3 Å². The molecule has 1 atom stereocenters. The molecule has 1 saturated heterocycles. The maximum Gasteiger partial charge on any atom is 0.239 e. The van der Waals surface area contributed by atoms with Crippen molar-refractivity contribution in [3.8, 4) is 0 Å². The third kappa shape index (κ3) is 3.09. The highest BCUT2D eigenvalue weighted by Crippen LogP contribution is 2.25. The van der Waals surface area contributed by atoms with Gasteiger partial charge in [-0.05, 0) is 25.5 Å². The molecular weight excluding hydrogens is 232 g/mol. The Balaban J connectivity index is 2.09. The second-order valence-corrected chi connectivity index (χ2v) is 5.33. The Labute approximate surface area is 106 Å². The number of nitrogens with zero attached hydrogens (tertiary/aromatic N) is 1. The second-order valence-electron chi connectivity index (χ2n) is 4.14. The standard InChI is InChI=1S/C13H16N2OS/c1-3-4-11-12(16)15-13(17-11)14-10-7-5-9(2)6-8-10/h5-8,11H,3-4H2,1-2H3,(H,14,15,16). The summed E-state index contributed by atoms with van der Waals surface area (Å²) in [6.45, 7) is 4.13. The highest BCUT2D eigenvalue weighted by atomic mass is 32.2. The molecule has 4 heteroatoms. The molecule has 0 spiro atoms. The van der Waals surface area contributed by atoms with Gasteiger partial charge in [-0.25, -0.2) is 4.99 Å². The number of aryl methyl sites for hydroxylation is 1. The van der Waals surface area contributed by atoms with E-state index >= 15 is 0 Å². The van der Waals surface area contributed by atoms with Crippen LogP contribution in [0.3, 0.4) is 0 Å². The molecular formula is C13H16N2OS. The number of amides is 1. The maximum absolute atomic E-state index is 11.6. The zero-order valence-electron chi connectivity index (χ0n) is 10.1. The fraction of sp³-hybridized carbons (Fsp3) is 0.385. The van der Waals surface area contributed by atoms with E-state index in [4.69, 9.17) is 0 Å². The molecule has 0 aliphatic carbocycles. The summed E-state index contributed by atoms with van der Waals surface area (Å²) in [6.07, 6.45) is 1.92. The fourth-order valence-electron chi connectivity index (χ4n) is 1.65. The SMILES string of the molecule is CCCC1SC(=Nc2ccc(C)cc2)NC1=O. The Morgan fingerprint density at radius 1 is 1.35 bits per heavy atom. The average Bonchev–Trinajstić information content (AvgIpc) is 2.63. The summed E-state index contributed by atoms with van der Waals surface area (Å²) in [7, 11) is 0. The lowest BCUT2D eigenvalue weighted by atomic mass is 10.2. The van der Waals surface area contributed by atoms with E-state index in [0.717, 1.165) is 23.7 Å². The largest absolute Gasteiger partial charge is 0.304 e. The van der Waals surface area contributed by atoms with Gasteiger partial charge in [0.1, 0.15) is 0 Å². The monoisotopic (exact) mass is 248 g/mol. The average molecular weight is 248 g/mol. The zero-order chi connectivity index (χ0) is 12.3. The van der Waals surface area contributed by atoms with Gasteiger partial charge >= 0.3 is 0 Å². The molecule has 0 bridgehead atoms. The van der Waals surface area contributed by atoms with Crippen LogP contribution in [0.2, 0.25) is 0 Å². The van der Waals surface area contributed by atoms with Crippen LogP contribution in [0.15, 0.2) is 29.3 Å². The van der Waals surface area contributed by atoms with Gasteiger partial charge in [0.25, 0.3) is 0 Å². The first-order chi connectivity index (χ1) is 8.19. The van der Waals surface area contributed by atoms with E-state index in [-0.39, 0.29) is 11.2 Å². The molecule has 17 heavy (non-hydrogen) atoms. The van der Waals surface area contributed by atoms with Crippen LogP contribution < -0.4 is 5.32 Å². The van der Waals surface area contributed by atoms with Gasteiger partial charge in [0, 0.05) is 0 Å². The number of aliphatic imine (C=N–C) groups is 1. The van der Waals surface area contributed by atoms with Gasteiger partial charge in [-0.2, -0.15) is 0 Å². The molecule has 1 heterocycles. The summed E-state index contributed by atoms with van der Waals surface area (Å²) in [5.41, 5.74) is 2.09. The minimum atomic E-state index is 0.0317. The first-order valence-electron chi connectivity index (χ1n) is 5.82. The number of hydrogen-bond donors (Lipinski definition) is 1. The third-order valence-electron chi connectivity index (χ3n) is 2.59. The van der Waals surface area contributed by atoms with Crippen molar-refractivity contribution in [1.29, 1.82) is 0 Å². The van der Waals surface area contributed by atoms with Crippen LogP contribution in [-0.4, -0.2) is 16.3 Å². The van der Waals surface area contributed by atoms with Gasteiger partial charge < -0.3 is 5.32 Å². The summed E-state index contributed by atoms with van der Waals surface area (Å²) < 4.78 is 0. The van der Waals surface area contributed by atoms with E-state index in [9.17, 15) is 4.79 Å². The van der Waals surface area contributed by atoms with Crippen LogP contribution in [0, 0.1) is 6.92 Å². The Kier molecular flexibility index (Phi) is 3.84. The molecule has 90 valence electrons. The van der Waals surface area contributed by atoms with Gasteiger partial charge in [0.05, 0.1) is 10.9 Å². The lowest BCUT2D eigenvalue weighted by molar-refractivity contribution is -0.118. The van der Waals surface area contributed by atoms with Crippen molar-refractivity contribution in [1.82, 2.24) is 5.32 Å². The van der Waals surface area contributed by atoms with Crippen molar-refractivity contribution in [3.63, 3.8) is 0 Å². The quantitative estimate of drug-likeness (QED) is 0.893. The van der Waals surface area contributed by atoms with E-state index in [2.05, 4.69) is 17.2 Å². The molecule has 1 amide bonds. The van der Waals surface area contributed by atoms with Crippen molar-refractivity contribution in [2.75, 3.05) is 0 Å². The zero-order valence-corrected chi connectivity index (χ0v) is 10.9. The van der Waals surface area contributed by atoms with E-state index in [1.807, 2.05) is 31.2 Å². The normalized spacial score (nSPS) is 21.9. The topological polar surface area (TPSA) is 41.5 Å². The van der Waals surface area contributed by atoms with E-state index in [1.165, 1.54) is 17.3 Å². The van der Waals surface area contributed by atoms with Gasteiger partial charge in [0.15, 0.2) is 5.17 Å². The summed E-state index contributed by atoms with van der Waals surface area (Å²) in [6, 6.07) is 7.96. The maximum atomic E-state index is 11.6. The number of hydrogen-bond acceptors (Lipinski definition) is 3. The number of benzene rings is 1. The van der Waals surface area contributed by atoms with Crippen LogP contribution >= 0.6 is 11.8 Å². The fourth-order valence-corrected chi connectivity index (χ4v) is 2.75.